The number of thiophene rings is 1. The molecule has 0 spiro atoms. The zero-order chi connectivity index (χ0) is 15.4. The van der Waals surface area contributed by atoms with Gasteiger partial charge in [0.2, 0.25) is 0 Å². The van der Waals surface area contributed by atoms with Crippen molar-refractivity contribution >= 4 is 48.9 Å². The molecule has 0 saturated carbocycles. The first-order chi connectivity index (χ1) is 10.0. The quantitative estimate of drug-likeness (QED) is 0.762. The summed E-state index contributed by atoms with van der Waals surface area (Å²) in [5.74, 6) is 0.352. The van der Waals surface area contributed by atoms with E-state index in [0.717, 1.165) is 14.6 Å². The van der Waals surface area contributed by atoms with Crippen LogP contribution in [0.25, 0.3) is 10.1 Å². The molecule has 2 rings (SSSR count). The van der Waals surface area contributed by atoms with E-state index in [9.17, 15) is 4.79 Å². The summed E-state index contributed by atoms with van der Waals surface area (Å²) in [5, 5.41) is 3.75. The smallest absolute Gasteiger partial charge is 0.263 e. The summed E-state index contributed by atoms with van der Waals surface area (Å²) in [4.78, 5) is 12.7. The van der Waals surface area contributed by atoms with Crippen molar-refractivity contribution in [2.24, 2.45) is 5.92 Å². The SMILES string of the molecule is CC(C)COCCNC(=O)c1sc2cccc(Br)c2c1N. The highest BCUT2D eigenvalue weighted by molar-refractivity contribution is 9.10. The first kappa shape index (κ1) is 16.3. The number of nitrogens with two attached hydrogens (primary N) is 1. The molecule has 0 aliphatic carbocycles. The van der Waals surface area contributed by atoms with Gasteiger partial charge in [0.25, 0.3) is 5.91 Å². The van der Waals surface area contributed by atoms with Gasteiger partial charge in [-0.05, 0) is 18.1 Å². The van der Waals surface area contributed by atoms with E-state index in [1.54, 1.807) is 0 Å². The lowest BCUT2D eigenvalue weighted by Crippen LogP contribution is -2.27. The van der Waals surface area contributed by atoms with Crippen LogP contribution in [0.4, 0.5) is 5.69 Å². The van der Waals surface area contributed by atoms with Gasteiger partial charge in [0.1, 0.15) is 4.88 Å². The Bertz CT molecular complexity index is 640. The maximum Gasteiger partial charge on any atom is 0.263 e. The molecule has 21 heavy (non-hydrogen) atoms. The lowest BCUT2D eigenvalue weighted by Gasteiger charge is -2.07. The Kier molecular flexibility index (Phi) is 5.61. The molecular weight excluding hydrogens is 352 g/mol. The van der Waals surface area contributed by atoms with Crippen LogP contribution < -0.4 is 11.1 Å². The number of benzene rings is 1. The molecule has 1 heterocycles. The molecule has 1 amide bonds. The van der Waals surface area contributed by atoms with Crippen molar-refractivity contribution in [3.05, 3.63) is 27.5 Å². The van der Waals surface area contributed by atoms with Crippen molar-refractivity contribution in [3.8, 4) is 0 Å². The zero-order valence-corrected chi connectivity index (χ0v) is 14.5. The summed E-state index contributed by atoms with van der Waals surface area (Å²) in [5.41, 5.74) is 6.63. The predicted octanol–water partition coefficient (Wildman–Crippen LogP) is 3.65. The first-order valence-corrected chi connectivity index (χ1v) is 8.44. The predicted molar refractivity (Wildman–Crippen MR) is 91.9 cm³/mol. The Morgan fingerprint density at radius 3 is 2.90 bits per heavy atom. The molecule has 4 nitrogen and oxygen atoms in total. The first-order valence-electron chi connectivity index (χ1n) is 6.83. The molecule has 0 atom stereocenters. The fourth-order valence-corrected chi connectivity index (χ4v) is 3.71. The van der Waals surface area contributed by atoms with Gasteiger partial charge in [-0.15, -0.1) is 11.3 Å². The Labute approximate surface area is 136 Å². The van der Waals surface area contributed by atoms with Crippen LogP contribution in [-0.2, 0) is 4.74 Å². The largest absolute Gasteiger partial charge is 0.397 e. The van der Waals surface area contributed by atoms with Crippen molar-refractivity contribution in [1.82, 2.24) is 5.32 Å². The number of hydrogen-bond acceptors (Lipinski definition) is 4. The maximum absolute atomic E-state index is 12.2. The van der Waals surface area contributed by atoms with Gasteiger partial charge in [0.15, 0.2) is 0 Å². The molecule has 6 heteroatoms. The van der Waals surface area contributed by atoms with Crippen LogP contribution in [0.3, 0.4) is 0 Å². The number of rotatable bonds is 6. The van der Waals surface area contributed by atoms with Crippen LogP contribution in [-0.4, -0.2) is 25.7 Å². The number of carbonyl (C=O) groups excluding carboxylic acids is 1. The van der Waals surface area contributed by atoms with Gasteiger partial charge >= 0.3 is 0 Å². The number of amides is 1. The molecule has 0 unspecified atom stereocenters. The molecule has 114 valence electrons. The van der Waals surface area contributed by atoms with Crippen LogP contribution in [0.5, 0.6) is 0 Å². The summed E-state index contributed by atoms with van der Waals surface area (Å²) >= 11 is 4.88. The van der Waals surface area contributed by atoms with E-state index in [-0.39, 0.29) is 5.91 Å². The highest BCUT2D eigenvalue weighted by Crippen LogP contribution is 2.37. The van der Waals surface area contributed by atoms with Crippen molar-refractivity contribution in [1.29, 1.82) is 0 Å². The Balaban J connectivity index is 2.00. The van der Waals surface area contributed by atoms with E-state index >= 15 is 0 Å². The minimum Gasteiger partial charge on any atom is -0.397 e. The second kappa shape index (κ2) is 7.24. The van der Waals surface area contributed by atoms with E-state index in [4.69, 9.17) is 10.5 Å². The van der Waals surface area contributed by atoms with Crippen LogP contribution >= 0.6 is 27.3 Å². The van der Waals surface area contributed by atoms with Gasteiger partial charge in [0, 0.05) is 27.7 Å². The van der Waals surface area contributed by atoms with E-state index in [1.807, 2.05) is 18.2 Å². The number of hydrogen-bond donors (Lipinski definition) is 2. The van der Waals surface area contributed by atoms with Gasteiger partial charge in [-0.3, -0.25) is 4.79 Å². The number of ether oxygens (including phenoxy) is 1. The molecular formula is C15H19BrN2O2S. The number of fused-ring (bicyclic) bond motifs is 1. The minimum atomic E-state index is -0.145. The number of carbonyl (C=O) groups is 1. The maximum atomic E-state index is 12.2. The summed E-state index contributed by atoms with van der Waals surface area (Å²) in [6, 6.07) is 5.82. The van der Waals surface area contributed by atoms with E-state index in [0.29, 0.717) is 36.2 Å². The van der Waals surface area contributed by atoms with Crippen molar-refractivity contribution in [2.75, 3.05) is 25.5 Å². The highest BCUT2D eigenvalue weighted by atomic mass is 79.9. The van der Waals surface area contributed by atoms with Crippen LogP contribution in [0.1, 0.15) is 23.5 Å². The Morgan fingerprint density at radius 2 is 2.24 bits per heavy atom. The lowest BCUT2D eigenvalue weighted by atomic mass is 10.2. The number of anilines is 1. The van der Waals surface area contributed by atoms with E-state index in [2.05, 4.69) is 35.1 Å². The topological polar surface area (TPSA) is 64.3 Å². The Hall–Kier alpha value is -1.11. The van der Waals surface area contributed by atoms with Crippen molar-refractivity contribution < 1.29 is 9.53 Å². The van der Waals surface area contributed by atoms with Gasteiger partial charge in [-0.2, -0.15) is 0 Å². The van der Waals surface area contributed by atoms with Crippen molar-refractivity contribution in [2.45, 2.75) is 13.8 Å². The van der Waals surface area contributed by atoms with E-state index in [1.165, 1.54) is 11.3 Å². The zero-order valence-electron chi connectivity index (χ0n) is 12.1. The minimum absolute atomic E-state index is 0.145. The van der Waals surface area contributed by atoms with Gasteiger partial charge < -0.3 is 15.8 Å². The average Bonchev–Trinajstić information content (AvgIpc) is 2.76. The molecule has 2 aromatic rings. The Morgan fingerprint density at radius 1 is 1.48 bits per heavy atom. The molecule has 0 saturated heterocycles. The lowest BCUT2D eigenvalue weighted by molar-refractivity contribution is 0.0890. The third-order valence-corrected chi connectivity index (χ3v) is 4.72. The monoisotopic (exact) mass is 370 g/mol. The molecule has 1 aromatic heterocycles. The summed E-state index contributed by atoms with van der Waals surface area (Å²) < 4.78 is 7.35. The van der Waals surface area contributed by atoms with Crippen LogP contribution in [0.15, 0.2) is 22.7 Å². The van der Waals surface area contributed by atoms with Crippen molar-refractivity contribution in [3.63, 3.8) is 0 Å². The summed E-state index contributed by atoms with van der Waals surface area (Å²) in [6.45, 7) is 5.88. The third kappa shape index (κ3) is 3.96. The molecule has 0 radical (unpaired) electrons. The second-order valence-corrected chi connectivity index (χ2v) is 7.09. The summed E-state index contributed by atoms with van der Waals surface area (Å²) in [6.07, 6.45) is 0. The normalized spacial score (nSPS) is 11.2. The molecule has 0 bridgehead atoms. The highest BCUT2D eigenvalue weighted by Gasteiger charge is 2.17. The van der Waals surface area contributed by atoms with E-state index < -0.39 is 0 Å². The molecule has 0 aliphatic rings. The standard InChI is InChI=1S/C15H19BrN2O2S/c1-9(2)8-20-7-6-18-15(19)14-13(17)12-10(16)4-3-5-11(12)21-14/h3-5,9H,6-8,17H2,1-2H3,(H,18,19). The third-order valence-electron chi connectivity index (χ3n) is 2.89. The second-order valence-electron chi connectivity index (χ2n) is 5.18. The summed E-state index contributed by atoms with van der Waals surface area (Å²) in [7, 11) is 0. The molecule has 3 N–H and O–H groups in total. The van der Waals surface area contributed by atoms with Crippen LogP contribution in [0.2, 0.25) is 0 Å². The van der Waals surface area contributed by atoms with Crippen LogP contribution in [0, 0.1) is 5.92 Å². The average molecular weight is 371 g/mol. The molecule has 0 fully saturated rings. The molecule has 1 aromatic carbocycles. The fraction of sp³-hybridized carbons (Fsp3) is 0.400. The number of nitrogen functional groups attached to an aromatic ring is 1. The number of halogens is 1. The fourth-order valence-electron chi connectivity index (χ4n) is 1.93. The van der Waals surface area contributed by atoms with Gasteiger partial charge in [0.05, 0.1) is 12.3 Å². The van der Waals surface area contributed by atoms with Gasteiger partial charge in [-0.1, -0.05) is 35.8 Å². The van der Waals surface area contributed by atoms with Gasteiger partial charge in [-0.25, -0.2) is 0 Å². The number of nitrogens with one attached hydrogen (secondary N) is 1. The molecule has 0 aliphatic heterocycles.